The number of aromatic amines is 1. The molecule has 152 valence electrons. The molecule has 0 bridgehead atoms. The van der Waals surface area contributed by atoms with E-state index in [2.05, 4.69) is 51.0 Å². The van der Waals surface area contributed by atoms with E-state index in [4.69, 9.17) is 35.4 Å². The fourth-order valence-corrected chi connectivity index (χ4v) is 4.43. The minimum Gasteiger partial charge on any atom is -0.361 e. The second-order valence-electron chi connectivity index (χ2n) is 7.45. The monoisotopic (exact) mass is 446 g/mol. The van der Waals surface area contributed by atoms with Crippen LogP contribution in [-0.4, -0.2) is 40.7 Å². The molecule has 29 heavy (non-hydrogen) atoms. The Morgan fingerprint density at radius 3 is 2.69 bits per heavy atom. The summed E-state index contributed by atoms with van der Waals surface area (Å²) in [6.45, 7) is 3.24. The summed E-state index contributed by atoms with van der Waals surface area (Å²) < 4.78 is 0. The molecule has 0 saturated carbocycles. The van der Waals surface area contributed by atoms with Gasteiger partial charge in [-0.05, 0) is 61.3 Å². The summed E-state index contributed by atoms with van der Waals surface area (Å²) in [4.78, 5) is 5.90. The van der Waals surface area contributed by atoms with E-state index in [1.165, 1.54) is 16.5 Å². The molecular formula is C22H24Cl2N4S. The Labute approximate surface area is 186 Å². The lowest BCUT2D eigenvalue weighted by Crippen LogP contribution is -2.46. The number of rotatable bonds is 5. The second kappa shape index (κ2) is 9.35. The molecule has 3 N–H and O–H groups in total. The first-order valence-corrected chi connectivity index (χ1v) is 11.0. The number of thiocarbonyl (C=S) groups is 1. The van der Waals surface area contributed by atoms with Crippen LogP contribution in [0.5, 0.6) is 0 Å². The number of likely N-dealkylation sites (tertiary alicyclic amines) is 1. The van der Waals surface area contributed by atoms with Crippen molar-refractivity contribution in [3.05, 3.63) is 64.3 Å². The summed E-state index contributed by atoms with van der Waals surface area (Å²) in [5, 5.41) is 9.63. The number of benzene rings is 2. The average Bonchev–Trinajstić information content (AvgIpc) is 3.13. The minimum atomic E-state index is 0.391. The predicted molar refractivity (Wildman–Crippen MR) is 127 cm³/mol. The van der Waals surface area contributed by atoms with Gasteiger partial charge in [0.1, 0.15) is 0 Å². The van der Waals surface area contributed by atoms with Crippen molar-refractivity contribution in [1.29, 1.82) is 0 Å². The van der Waals surface area contributed by atoms with E-state index in [0.717, 1.165) is 44.6 Å². The number of halogens is 2. The maximum Gasteiger partial charge on any atom is 0.170 e. The van der Waals surface area contributed by atoms with Crippen LogP contribution < -0.4 is 10.6 Å². The molecule has 0 amide bonds. The van der Waals surface area contributed by atoms with E-state index >= 15 is 0 Å². The zero-order chi connectivity index (χ0) is 20.2. The Bertz CT molecular complexity index is 995. The van der Waals surface area contributed by atoms with Gasteiger partial charge in [-0.2, -0.15) is 0 Å². The highest BCUT2D eigenvalue weighted by atomic mass is 35.5. The van der Waals surface area contributed by atoms with Crippen LogP contribution in [0.2, 0.25) is 10.0 Å². The summed E-state index contributed by atoms with van der Waals surface area (Å²) in [6.07, 6.45) is 5.37. The van der Waals surface area contributed by atoms with Gasteiger partial charge < -0.3 is 20.5 Å². The minimum absolute atomic E-state index is 0.391. The number of nitrogens with one attached hydrogen (secondary N) is 3. The Balaban J connectivity index is 1.22. The molecule has 0 unspecified atom stereocenters. The third kappa shape index (κ3) is 5.23. The van der Waals surface area contributed by atoms with Gasteiger partial charge in [0.05, 0.1) is 10.0 Å². The molecule has 2 heterocycles. The number of hydrogen-bond donors (Lipinski definition) is 3. The largest absolute Gasteiger partial charge is 0.361 e. The van der Waals surface area contributed by atoms with E-state index in [-0.39, 0.29) is 0 Å². The summed E-state index contributed by atoms with van der Waals surface area (Å²) in [6, 6.07) is 14.3. The van der Waals surface area contributed by atoms with Crippen LogP contribution in [0.1, 0.15) is 18.4 Å². The van der Waals surface area contributed by atoms with E-state index < -0.39 is 0 Å². The van der Waals surface area contributed by atoms with Gasteiger partial charge in [-0.15, -0.1) is 0 Å². The van der Waals surface area contributed by atoms with Gasteiger partial charge in [-0.3, -0.25) is 0 Å². The van der Waals surface area contributed by atoms with Crippen LogP contribution in [0.3, 0.4) is 0 Å². The van der Waals surface area contributed by atoms with Crippen LogP contribution >= 0.6 is 35.4 Å². The maximum atomic E-state index is 6.06. The van der Waals surface area contributed by atoms with Gasteiger partial charge in [-0.1, -0.05) is 41.4 Å². The summed E-state index contributed by atoms with van der Waals surface area (Å²) in [5.74, 6) is 0. The molecular weight excluding hydrogens is 423 g/mol. The molecule has 1 aliphatic rings. The molecule has 0 radical (unpaired) electrons. The number of nitrogens with zero attached hydrogens (tertiary/aromatic N) is 1. The Kier molecular flexibility index (Phi) is 6.60. The lowest BCUT2D eigenvalue weighted by atomic mass is 10.0. The van der Waals surface area contributed by atoms with Crippen LogP contribution in [-0.2, 0) is 6.42 Å². The van der Waals surface area contributed by atoms with Crippen molar-refractivity contribution in [1.82, 2.24) is 15.2 Å². The number of aromatic nitrogens is 1. The normalized spacial score (nSPS) is 15.5. The zero-order valence-electron chi connectivity index (χ0n) is 16.1. The standard InChI is InChI=1S/C22H24Cl2N4S/c23-19-6-5-17(13-20(19)24)27-22(29)26-16-8-11-28(12-9-16)10-7-15-14-25-21-4-2-1-3-18(15)21/h1-6,13-14,16,25H,7-12H2,(H2,26,27,29). The molecule has 7 heteroatoms. The van der Waals surface area contributed by atoms with Gasteiger partial charge in [0.25, 0.3) is 0 Å². The first kappa shape index (κ1) is 20.5. The molecule has 1 saturated heterocycles. The molecule has 0 atom stereocenters. The number of anilines is 1. The van der Waals surface area contributed by atoms with Crippen molar-refractivity contribution in [2.45, 2.75) is 25.3 Å². The summed E-state index contributed by atoms with van der Waals surface area (Å²) in [5.41, 5.74) is 3.45. The van der Waals surface area contributed by atoms with Gasteiger partial charge in [-0.25, -0.2) is 0 Å². The Morgan fingerprint density at radius 2 is 1.90 bits per heavy atom. The molecule has 3 aromatic rings. The summed E-state index contributed by atoms with van der Waals surface area (Å²) in [7, 11) is 0. The lowest BCUT2D eigenvalue weighted by molar-refractivity contribution is 0.209. The number of fused-ring (bicyclic) bond motifs is 1. The fraction of sp³-hybridized carbons (Fsp3) is 0.318. The first-order chi connectivity index (χ1) is 14.1. The van der Waals surface area contributed by atoms with E-state index in [0.29, 0.717) is 21.2 Å². The summed E-state index contributed by atoms with van der Waals surface area (Å²) >= 11 is 17.5. The van der Waals surface area contributed by atoms with Crippen LogP contribution in [0.25, 0.3) is 10.9 Å². The lowest BCUT2D eigenvalue weighted by Gasteiger charge is -2.33. The van der Waals surface area contributed by atoms with Gasteiger partial charge in [0.15, 0.2) is 5.11 Å². The second-order valence-corrected chi connectivity index (χ2v) is 8.68. The van der Waals surface area contributed by atoms with Gasteiger partial charge in [0, 0.05) is 48.5 Å². The number of H-pyrrole nitrogens is 1. The third-order valence-corrected chi connectivity index (χ3v) is 6.43. The van der Waals surface area contributed by atoms with E-state index in [1.807, 2.05) is 6.07 Å². The van der Waals surface area contributed by atoms with E-state index in [1.54, 1.807) is 12.1 Å². The quantitative estimate of drug-likeness (QED) is 0.454. The number of piperidine rings is 1. The smallest absolute Gasteiger partial charge is 0.170 e. The Hall–Kier alpha value is -1.79. The number of para-hydroxylation sites is 1. The molecule has 1 fully saturated rings. The van der Waals surface area contributed by atoms with Gasteiger partial charge >= 0.3 is 0 Å². The topological polar surface area (TPSA) is 43.1 Å². The highest BCUT2D eigenvalue weighted by Gasteiger charge is 2.20. The molecule has 0 aliphatic carbocycles. The van der Waals surface area contributed by atoms with Crippen LogP contribution in [0, 0.1) is 0 Å². The van der Waals surface area contributed by atoms with Crippen molar-refractivity contribution >= 4 is 57.1 Å². The van der Waals surface area contributed by atoms with Crippen molar-refractivity contribution in [3.63, 3.8) is 0 Å². The molecule has 1 aromatic heterocycles. The number of hydrogen-bond acceptors (Lipinski definition) is 2. The molecule has 0 spiro atoms. The molecule has 1 aliphatic heterocycles. The zero-order valence-corrected chi connectivity index (χ0v) is 18.4. The average molecular weight is 447 g/mol. The highest BCUT2D eigenvalue weighted by molar-refractivity contribution is 7.80. The van der Waals surface area contributed by atoms with Crippen LogP contribution in [0.15, 0.2) is 48.7 Å². The van der Waals surface area contributed by atoms with Crippen LogP contribution in [0.4, 0.5) is 5.69 Å². The highest BCUT2D eigenvalue weighted by Crippen LogP contribution is 2.25. The SMILES string of the molecule is S=C(Nc1ccc(Cl)c(Cl)c1)NC1CCN(CCc2c[nH]c3ccccc23)CC1. The first-order valence-electron chi connectivity index (χ1n) is 9.88. The predicted octanol–water partition coefficient (Wildman–Crippen LogP) is 5.47. The fourth-order valence-electron chi connectivity index (χ4n) is 3.84. The molecule has 4 rings (SSSR count). The van der Waals surface area contributed by atoms with Crippen molar-refractivity contribution in [2.24, 2.45) is 0 Å². The third-order valence-electron chi connectivity index (χ3n) is 5.47. The van der Waals surface area contributed by atoms with Crippen molar-refractivity contribution < 1.29 is 0 Å². The van der Waals surface area contributed by atoms with E-state index in [9.17, 15) is 0 Å². The van der Waals surface area contributed by atoms with Crippen molar-refractivity contribution in [3.8, 4) is 0 Å². The maximum absolute atomic E-state index is 6.06. The Morgan fingerprint density at radius 1 is 1.10 bits per heavy atom. The van der Waals surface area contributed by atoms with Crippen molar-refractivity contribution in [2.75, 3.05) is 25.0 Å². The van der Waals surface area contributed by atoms with Gasteiger partial charge in [0.2, 0.25) is 0 Å². The molecule has 4 nitrogen and oxygen atoms in total. The molecule has 2 aromatic carbocycles.